The lowest BCUT2D eigenvalue weighted by Gasteiger charge is -2.32. The van der Waals surface area contributed by atoms with Crippen molar-refractivity contribution in [2.24, 2.45) is 5.92 Å². The number of aryl methyl sites for hydroxylation is 1. The SMILES string of the molecule is CNCC1CCN(C(=O)CCc2ccc(OC)c(OC)c2OC)CC1. The summed E-state index contributed by atoms with van der Waals surface area (Å²) in [5, 5.41) is 3.22. The van der Waals surface area contributed by atoms with Crippen LogP contribution in [-0.4, -0.2) is 58.8 Å². The Morgan fingerprint density at radius 3 is 2.36 bits per heavy atom. The Hall–Kier alpha value is -1.95. The zero-order chi connectivity index (χ0) is 18.2. The third kappa shape index (κ3) is 4.78. The molecular weight excluding hydrogens is 320 g/mol. The fourth-order valence-corrected chi connectivity index (χ4v) is 3.43. The fraction of sp³-hybridized carbons (Fsp3) is 0.632. The largest absolute Gasteiger partial charge is 0.493 e. The number of hydrogen-bond acceptors (Lipinski definition) is 5. The first kappa shape index (κ1) is 19.4. The first-order chi connectivity index (χ1) is 12.1. The van der Waals surface area contributed by atoms with E-state index in [0.717, 1.165) is 38.0 Å². The molecule has 0 spiro atoms. The Morgan fingerprint density at radius 1 is 1.12 bits per heavy atom. The molecule has 0 bridgehead atoms. The van der Waals surface area contributed by atoms with Crippen molar-refractivity contribution in [1.82, 2.24) is 10.2 Å². The first-order valence-electron chi connectivity index (χ1n) is 8.84. The second-order valence-electron chi connectivity index (χ2n) is 6.38. The van der Waals surface area contributed by atoms with Gasteiger partial charge in [-0.05, 0) is 50.4 Å². The molecule has 0 radical (unpaired) electrons. The van der Waals surface area contributed by atoms with Crippen LogP contribution in [0.3, 0.4) is 0 Å². The molecule has 0 aliphatic carbocycles. The first-order valence-corrected chi connectivity index (χ1v) is 8.84. The molecule has 1 aliphatic heterocycles. The van der Waals surface area contributed by atoms with E-state index in [-0.39, 0.29) is 5.91 Å². The number of ether oxygens (including phenoxy) is 3. The van der Waals surface area contributed by atoms with Gasteiger partial charge in [-0.3, -0.25) is 4.79 Å². The van der Waals surface area contributed by atoms with Gasteiger partial charge in [-0.25, -0.2) is 0 Å². The normalized spacial score (nSPS) is 15.1. The number of amides is 1. The van der Waals surface area contributed by atoms with Crippen molar-refractivity contribution in [3.63, 3.8) is 0 Å². The van der Waals surface area contributed by atoms with Gasteiger partial charge in [0.2, 0.25) is 11.7 Å². The van der Waals surface area contributed by atoms with Gasteiger partial charge in [0, 0.05) is 19.5 Å². The molecule has 2 rings (SSSR count). The van der Waals surface area contributed by atoms with E-state index in [0.29, 0.717) is 36.0 Å². The van der Waals surface area contributed by atoms with Crippen molar-refractivity contribution in [3.8, 4) is 17.2 Å². The number of piperidine rings is 1. The van der Waals surface area contributed by atoms with Gasteiger partial charge in [-0.2, -0.15) is 0 Å². The van der Waals surface area contributed by atoms with Crippen LogP contribution in [0, 0.1) is 5.92 Å². The van der Waals surface area contributed by atoms with Crippen LogP contribution >= 0.6 is 0 Å². The Kier molecular flexibility index (Phi) is 7.37. The maximum Gasteiger partial charge on any atom is 0.222 e. The molecule has 1 aliphatic rings. The molecule has 25 heavy (non-hydrogen) atoms. The van der Waals surface area contributed by atoms with Gasteiger partial charge in [0.1, 0.15) is 0 Å². The molecule has 1 heterocycles. The molecule has 1 fully saturated rings. The molecule has 0 aromatic heterocycles. The highest BCUT2D eigenvalue weighted by Gasteiger charge is 2.23. The molecule has 1 aromatic carbocycles. The lowest BCUT2D eigenvalue weighted by atomic mass is 9.96. The summed E-state index contributed by atoms with van der Waals surface area (Å²) in [7, 11) is 6.77. The summed E-state index contributed by atoms with van der Waals surface area (Å²) in [6.07, 6.45) is 3.25. The highest BCUT2D eigenvalue weighted by Crippen LogP contribution is 2.40. The predicted molar refractivity (Wildman–Crippen MR) is 97.6 cm³/mol. The lowest BCUT2D eigenvalue weighted by Crippen LogP contribution is -2.40. The van der Waals surface area contributed by atoms with Crippen LogP contribution in [0.2, 0.25) is 0 Å². The van der Waals surface area contributed by atoms with E-state index in [1.54, 1.807) is 21.3 Å². The number of likely N-dealkylation sites (tertiary alicyclic amines) is 1. The van der Waals surface area contributed by atoms with Gasteiger partial charge in [0.05, 0.1) is 21.3 Å². The summed E-state index contributed by atoms with van der Waals surface area (Å²) in [6.45, 7) is 2.74. The highest BCUT2D eigenvalue weighted by molar-refractivity contribution is 5.76. The van der Waals surface area contributed by atoms with Crippen molar-refractivity contribution in [2.75, 3.05) is 48.0 Å². The molecule has 140 valence electrons. The van der Waals surface area contributed by atoms with Crippen molar-refractivity contribution in [1.29, 1.82) is 0 Å². The van der Waals surface area contributed by atoms with Crippen LogP contribution in [0.15, 0.2) is 12.1 Å². The minimum atomic E-state index is 0.208. The van der Waals surface area contributed by atoms with Gasteiger partial charge in [-0.1, -0.05) is 6.07 Å². The van der Waals surface area contributed by atoms with Crippen molar-refractivity contribution >= 4 is 5.91 Å². The van der Waals surface area contributed by atoms with Gasteiger partial charge in [0.25, 0.3) is 0 Å². The maximum atomic E-state index is 12.5. The highest BCUT2D eigenvalue weighted by atomic mass is 16.5. The zero-order valence-corrected chi connectivity index (χ0v) is 15.8. The number of rotatable bonds is 8. The summed E-state index contributed by atoms with van der Waals surface area (Å²) >= 11 is 0. The van der Waals surface area contributed by atoms with E-state index in [1.165, 1.54) is 0 Å². The number of benzene rings is 1. The number of carbonyl (C=O) groups excluding carboxylic acids is 1. The summed E-state index contributed by atoms with van der Waals surface area (Å²) < 4.78 is 16.2. The summed E-state index contributed by atoms with van der Waals surface area (Å²) in [4.78, 5) is 14.5. The molecule has 0 saturated carbocycles. The second kappa shape index (κ2) is 9.51. The number of nitrogens with zero attached hydrogens (tertiary/aromatic N) is 1. The molecule has 1 N–H and O–H groups in total. The lowest BCUT2D eigenvalue weighted by molar-refractivity contribution is -0.132. The van der Waals surface area contributed by atoms with Crippen molar-refractivity contribution in [3.05, 3.63) is 17.7 Å². The number of nitrogens with one attached hydrogen (secondary N) is 1. The average Bonchev–Trinajstić information content (AvgIpc) is 2.65. The van der Waals surface area contributed by atoms with Crippen LogP contribution in [0.4, 0.5) is 0 Å². The van der Waals surface area contributed by atoms with Crippen LogP contribution in [0.25, 0.3) is 0 Å². The van der Waals surface area contributed by atoms with E-state index in [1.807, 2.05) is 24.1 Å². The van der Waals surface area contributed by atoms with Crippen molar-refractivity contribution < 1.29 is 19.0 Å². The Bertz CT molecular complexity index is 569. The van der Waals surface area contributed by atoms with Gasteiger partial charge in [-0.15, -0.1) is 0 Å². The number of methoxy groups -OCH3 is 3. The van der Waals surface area contributed by atoms with E-state index in [2.05, 4.69) is 5.32 Å². The molecule has 6 heteroatoms. The van der Waals surface area contributed by atoms with Crippen LogP contribution in [0.1, 0.15) is 24.8 Å². The molecular formula is C19H30N2O4. The monoisotopic (exact) mass is 350 g/mol. The number of hydrogen-bond donors (Lipinski definition) is 1. The van der Waals surface area contributed by atoms with E-state index >= 15 is 0 Å². The molecule has 0 atom stereocenters. The summed E-state index contributed by atoms with van der Waals surface area (Å²) in [5.74, 6) is 2.73. The van der Waals surface area contributed by atoms with Crippen LogP contribution in [0.5, 0.6) is 17.2 Å². The van der Waals surface area contributed by atoms with Crippen LogP contribution in [-0.2, 0) is 11.2 Å². The fourth-order valence-electron chi connectivity index (χ4n) is 3.43. The number of carbonyl (C=O) groups is 1. The predicted octanol–water partition coefficient (Wildman–Crippen LogP) is 2.10. The standard InChI is InChI=1S/C19H30N2O4/c1-20-13-14-9-11-21(12-10-14)17(22)8-6-15-5-7-16(23-2)19(25-4)18(15)24-3/h5,7,14,20H,6,8-13H2,1-4H3. The third-order valence-electron chi connectivity index (χ3n) is 4.85. The molecule has 1 amide bonds. The van der Waals surface area contributed by atoms with Gasteiger partial charge in [0.15, 0.2) is 11.5 Å². The van der Waals surface area contributed by atoms with Crippen LogP contribution < -0.4 is 19.5 Å². The van der Waals surface area contributed by atoms with Gasteiger partial charge < -0.3 is 24.4 Å². The molecule has 1 aromatic rings. The van der Waals surface area contributed by atoms with E-state index < -0.39 is 0 Å². The van der Waals surface area contributed by atoms with Crippen molar-refractivity contribution in [2.45, 2.75) is 25.7 Å². The zero-order valence-electron chi connectivity index (χ0n) is 15.8. The minimum Gasteiger partial charge on any atom is -0.493 e. The molecule has 6 nitrogen and oxygen atoms in total. The third-order valence-corrected chi connectivity index (χ3v) is 4.85. The average molecular weight is 350 g/mol. The Morgan fingerprint density at radius 2 is 1.80 bits per heavy atom. The summed E-state index contributed by atoms with van der Waals surface area (Å²) in [6, 6.07) is 3.79. The summed E-state index contributed by atoms with van der Waals surface area (Å²) in [5.41, 5.74) is 0.957. The topological polar surface area (TPSA) is 60.0 Å². The minimum absolute atomic E-state index is 0.208. The Labute approximate surface area is 150 Å². The van der Waals surface area contributed by atoms with E-state index in [4.69, 9.17) is 14.2 Å². The van der Waals surface area contributed by atoms with E-state index in [9.17, 15) is 4.79 Å². The second-order valence-corrected chi connectivity index (χ2v) is 6.38. The molecule has 1 saturated heterocycles. The Balaban J connectivity index is 1.96. The maximum absolute atomic E-state index is 12.5. The smallest absolute Gasteiger partial charge is 0.222 e. The molecule has 0 unspecified atom stereocenters. The quantitative estimate of drug-likeness (QED) is 0.778. The van der Waals surface area contributed by atoms with Gasteiger partial charge >= 0.3 is 0 Å².